The Morgan fingerprint density at radius 2 is 1.60 bits per heavy atom. The number of thioether (sulfide) groups is 1. The van der Waals surface area contributed by atoms with E-state index in [1.165, 1.54) is 44.1 Å². The van der Waals surface area contributed by atoms with E-state index in [1.54, 1.807) is 42.5 Å². The Hall–Kier alpha value is -3.37. The molecule has 8 nitrogen and oxygen atoms in total. The summed E-state index contributed by atoms with van der Waals surface area (Å²) in [6, 6.07) is 9.95. The Morgan fingerprint density at radius 3 is 2.20 bits per heavy atom. The number of carbonyl (C=O) groups excluding carboxylic acids is 3. The molecule has 4 rings (SSSR count). The topological polar surface area (TPSA) is 85.4 Å². The molecule has 2 amide bonds. The number of piperidine rings is 1. The van der Waals surface area contributed by atoms with E-state index in [0.29, 0.717) is 50.2 Å². The lowest BCUT2D eigenvalue weighted by atomic mass is 9.92. The Balaban J connectivity index is 1.43. The number of likely N-dealkylation sites (tertiary alicyclic amines) is 1. The van der Waals surface area contributed by atoms with E-state index in [9.17, 15) is 14.4 Å². The van der Waals surface area contributed by atoms with Crippen LogP contribution >= 0.6 is 24.0 Å². The molecule has 2 saturated heterocycles. The number of rotatable bonds is 8. The minimum atomic E-state index is -0.548. The average Bonchev–Trinajstić information content (AvgIpc) is 3.22. The van der Waals surface area contributed by atoms with Crippen LogP contribution < -0.4 is 19.1 Å². The molecule has 212 valence electrons. The first-order valence-electron chi connectivity index (χ1n) is 13.1. The molecule has 2 aromatic carbocycles. The maximum absolute atomic E-state index is 13.2. The van der Waals surface area contributed by atoms with Crippen molar-refractivity contribution in [1.29, 1.82) is 0 Å². The van der Waals surface area contributed by atoms with Crippen molar-refractivity contribution in [3.8, 4) is 17.2 Å². The van der Waals surface area contributed by atoms with Crippen molar-refractivity contribution in [2.75, 3.05) is 39.3 Å². The highest BCUT2D eigenvalue weighted by atomic mass is 32.2. The fourth-order valence-corrected chi connectivity index (χ4v) is 6.74. The van der Waals surface area contributed by atoms with Crippen molar-refractivity contribution in [2.45, 2.75) is 31.9 Å². The number of ether oxygens (including phenoxy) is 3. The van der Waals surface area contributed by atoms with Crippen LogP contribution in [0.5, 0.6) is 17.2 Å². The number of ketones is 1. The summed E-state index contributed by atoms with van der Waals surface area (Å²) in [6.07, 6.45) is 4.33. The van der Waals surface area contributed by atoms with Gasteiger partial charge in [0.15, 0.2) is 17.3 Å². The van der Waals surface area contributed by atoms with Crippen LogP contribution in [-0.4, -0.2) is 66.5 Å². The first-order valence-corrected chi connectivity index (χ1v) is 14.4. The minimum absolute atomic E-state index is 0.0964. The maximum atomic E-state index is 13.2. The normalized spacial score (nSPS) is 21.2. The van der Waals surface area contributed by atoms with Crippen molar-refractivity contribution >= 4 is 57.7 Å². The molecule has 0 aliphatic carbocycles. The highest BCUT2D eigenvalue weighted by Crippen LogP contribution is 2.40. The minimum Gasteiger partial charge on any atom is -0.493 e. The molecule has 3 atom stereocenters. The summed E-state index contributed by atoms with van der Waals surface area (Å²) in [6.45, 7) is 6.16. The first-order chi connectivity index (χ1) is 19.2. The summed E-state index contributed by atoms with van der Waals surface area (Å²) in [5.74, 6) is 1.67. The SMILES string of the molecule is COc1ccc(C=CC(=O)c2ccc(N3C(=O)CC(SC(=S)N4CC(C)CC(C)C4)C3=O)cc2)c(OC)c1OC. The second kappa shape index (κ2) is 12.9. The zero-order valence-electron chi connectivity index (χ0n) is 23.3. The largest absolute Gasteiger partial charge is 0.493 e. The number of nitrogens with zero attached hydrogens (tertiary/aromatic N) is 2. The number of amides is 2. The van der Waals surface area contributed by atoms with Gasteiger partial charge in [-0.05, 0) is 66.8 Å². The molecule has 2 aliphatic heterocycles. The van der Waals surface area contributed by atoms with Crippen molar-refractivity contribution in [2.24, 2.45) is 11.8 Å². The number of hydrogen-bond donors (Lipinski definition) is 0. The monoisotopic (exact) mass is 582 g/mol. The third kappa shape index (κ3) is 6.33. The number of imide groups is 1. The van der Waals surface area contributed by atoms with Crippen LogP contribution in [0.3, 0.4) is 0 Å². The number of thiocarbonyl (C=S) groups is 1. The first kappa shape index (κ1) is 29.6. The summed E-state index contributed by atoms with van der Waals surface area (Å²) in [5, 5.41) is -0.548. The van der Waals surface area contributed by atoms with Gasteiger partial charge >= 0.3 is 0 Å². The van der Waals surface area contributed by atoms with Gasteiger partial charge in [0, 0.05) is 30.6 Å². The van der Waals surface area contributed by atoms with Crippen molar-refractivity contribution in [1.82, 2.24) is 4.90 Å². The van der Waals surface area contributed by atoms with Crippen LogP contribution in [0.1, 0.15) is 42.6 Å². The highest BCUT2D eigenvalue weighted by Gasteiger charge is 2.41. The van der Waals surface area contributed by atoms with Crippen molar-refractivity contribution in [3.63, 3.8) is 0 Å². The van der Waals surface area contributed by atoms with E-state index < -0.39 is 5.25 Å². The molecule has 10 heteroatoms. The zero-order chi connectivity index (χ0) is 29.0. The van der Waals surface area contributed by atoms with Crippen molar-refractivity contribution < 1.29 is 28.6 Å². The fraction of sp³-hybridized carbons (Fsp3) is 0.400. The molecule has 2 heterocycles. The lowest BCUT2D eigenvalue weighted by Gasteiger charge is -2.36. The number of carbonyl (C=O) groups is 3. The molecule has 2 aromatic rings. The van der Waals surface area contributed by atoms with E-state index >= 15 is 0 Å². The predicted molar refractivity (Wildman–Crippen MR) is 162 cm³/mol. The van der Waals surface area contributed by atoms with E-state index in [2.05, 4.69) is 18.7 Å². The number of allylic oxidation sites excluding steroid dienone is 1. The third-order valence-electron chi connectivity index (χ3n) is 7.03. The van der Waals surface area contributed by atoms with Gasteiger partial charge < -0.3 is 19.1 Å². The number of hydrogen-bond acceptors (Lipinski definition) is 8. The third-order valence-corrected chi connectivity index (χ3v) is 8.69. The lowest BCUT2D eigenvalue weighted by molar-refractivity contribution is -0.121. The quantitative estimate of drug-likeness (QED) is 0.180. The van der Waals surface area contributed by atoms with Crippen LogP contribution in [0, 0.1) is 11.8 Å². The summed E-state index contributed by atoms with van der Waals surface area (Å²) in [4.78, 5) is 42.2. The molecule has 40 heavy (non-hydrogen) atoms. The smallest absolute Gasteiger partial charge is 0.247 e. The standard InChI is InChI=1S/C30H34N2O6S2/c1-18-14-19(2)17-31(16-18)30(39)40-25-15-26(34)32(29(25)35)22-10-6-20(7-11-22)23(33)12-8-21-9-13-24(36-3)28(38-5)27(21)37-4/h6-13,18-19,25H,14-17H2,1-5H3. The van der Waals surface area contributed by atoms with Gasteiger partial charge in [0.2, 0.25) is 17.6 Å². The molecule has 0 bridgehead atoms. The fourth-order valence-electron chi connectivity index (χ4n) is 5.27. The van der Waals surface area contributed by atoms with E-state index in [1.807, 2.05) is 0 Å². The van der Waals surface area contributed by atoms with Gasteiger partial charge in [-0.1, -0.05) is 37.8 Å². The van der Waals surface area contributed by atoms with Gasteiger partial charge in [0.25, 0.3) is 0 Å². The van der Waals surface area contributed by atoms with E-state index in [0.717, 1.165) is 19.5 Å². The lowest BCUT2D eigenvalue weighted by Crippen LogP contribution is -2.41. The highest BCUT2D eigenvalue weighted by molar-refractivity contribution is 8.23. The van der Waals surface area contributed by atoms with Crippen LogP contribution in [0.2, 0.25) is 0 Å². The maximum Gasteiger partial charge on any atom is 0.247 e. The van der Waals surface area contributed by atoms with E-state index in [-0.39, 0.29) is 24.0 Å². The molecule has 0 aromatic heterocycles. The summed E-state index contributed by atoms with van der Waals surface area (Å²) >= 11 is 6.96. The molecular weight excluding hydrogens is 548 g/mol. The molecule has 3 unspecified atom stereocenters. The van der Waals surface area contributed by atoms with E-state index in [4.69, 9.17) is 26.4 Å². The van der Waals surface area contributed by atoms with Gasteiger partial charge in [-0.2, -0.15) is 0 Å². The Labute approximate surface area is 244 Å². The predicted octanol–water partition coefficient (Wildman–Crippen LogP) is 5.24. The molecule has 0 radical (unpaired) electrons. The summed E-state index contributed by atoms with van der Waals surface area (Å²) < 4.78 is 16.8. The van der Waals surface area contributed by atoms with Crippen LogP contribution in [0.25, 0.3) is 6.08 Å². The number of benzene rings is 2. The molecular formula is C30H34N2O6S2. The molecule has 0 saturated carbocycles. The Bertz CT molecular complexity index is 1320. The summed E-state index contributed by atoms with van der Waals surface area (Å²) in [5.41, 5.74) is 1.50. The second-order valence-electron chi connectivity index (χ2n) is 10.2. The van der Waals surface area contributed by atoms with Gasteiger partial charge in [-0.25, -0.2) is 4.90 Å². The van der Waals surface area contributed by atoms with Crippen LogP contribution in [0.15, 0.2) is 42.5 Å². The molecule has 2 fully saturated rings. The number of methoxy groups -OCH3 is 3. The van der Waals surface area contributed by atoms with Gasteiger partial charge in [-0.15, -0.1) is 0 Å². The number of anilines is 1. The van der Waals surface area contributed by atoms with Crippen molar-refractivity contribution in [3.05, 3.63) is 53.6 Å². The molecule has 2 aliphatic rings. The zero-order valence-corrected chi connectivity index (χ0v) is 25.0. The van der Waals surface area contributed by atoms with Crippen LogP contribution in [-0.2, 0) is 9.59 Å². The average molecular weight is 583 g/mol. The second-order valence-corrected chi connectivity index (χ2v) is 12.0. The Morgan fingerprint density at radius 1 is 0.950 bits per heavy atom. The molecule has 0 N–H and O–H groups in total. The Kier molecular flexibility index (Phi) is 9.52. The summed E-state index contributed by atoms with van der Waals surface area (Å²) in [7, 11) is 4.57. The van der Waals surface area contributed by atoms with Crippen LogP contribution in [0.4, 0.5) is 5.69 Å². The van der Waals surface area contributed by atoms with Gasteiger partial charge in [0.05, 0.1) is 27.0 Å². The molecule has 0 spiro atoms. The van der Waals surface area contributed by atoms with Gasteiger partial charge in [-0.3, -0.25) is 14.4 Å². The van der Waals surface area contributed by atoms with Gasteiger partial charge in [0.1, 0.15) is 9.57 Å².